The molecule has 1 aliphatic rings. The summed E-state index contributed by atoms with van der Waals surface area (Å²) < 4.78 is 46.3. The lowest BCUT2D eigenvalue weighted by Crippen LogP contribution is -2.47. The third-order valence-electron chi connectivity index (χ3n) is 4.88. The first-order valence-electron chi connectivity index (χ1n) is 9.50. The van der Waals surface area contributed by atoms with E-state index < -0.39 is 11.8 Å². The molecule has 0 aromatic heterocycles. The van der Waals surface area contributed by atoms with Crippen LogP contribution in [0.15, 0.2) is 48.6 Å². The normalized spacial score (nSPS) is 20.1. The molecule has 0 radical (unpaired) electrons. The van der Waals surface area contributed by atoms with Crippen molar-refractivity contribution in [3.63, 3.8) is 0 Å². The molecule has 150 valence electrons. The van der Waals surface area contributed by atoms with E-state index in [1.807, 2.05) is 30.3 Å². The van der Waals surface area contributed by atoms with Crippen molar-refractivity contribution >= 4 is 5.57 Å². The van der Waals surface area contributed by atoms with Gasteiger partial charge >= 0.3 is 6.18 Å². The number of allylic oxidation sites excluding steroid dienone is 2. The third-order valence-corrected chi connectivity index (χ3v) is 4.88. The first kappa shape index (κ1) is 21.7. The Kier molecular flexibility index (Phi) is 8.07. The predicted molar refractivity (Wildman–Crippen MR) is 104 cm³/mol. The van der Waals surface area contributed by atoms with E-state index in [1.165, 1.54) is 6.08 Å². The smallest absolute Gasteiger partial charge is 0.360 e. The lowest BCUT2D eigenvalue weighted by atomic mass is 9.88. The van der Waals surface area contributed by atoms with E-state index in [-0.39, 0.29) is 13.0 Å². The van der Waals surface area contributed by atoms with Crippen LogP contribution in [0.3, 0.4) is 0 Å². The van der Waals surface area contributed by atoms with Gasteiger partial charge in [-0.3, -0.25) is 0 Å². The van der Waals surface area contributed by atoms with E-state index in [0.29, 0.717) is 6.54 Å². The average molecular weight is 382 g/mol. The highest BCUT2D eigenvalue weighted by molar-refractivity contribution is 5.75. The number of nitrogens with zero attached hydrogens (tertiary/aromatic N) is 1. The van der Waals surface area contributed by atoms with Crippen molar-refractivity contribution in [2.24, 2.45) is 0 Å². The maximum atomic E-state index is 13.7. The lowest BCUT2D eigenvalue weighted by Gasteiger charge is -2.34. The minimum atomic E-state index is -4.45. The Labute approximate surface area is 159 Å². The van der Waals surface area contributed by atoms with Crippen LogP contribution < -0.4 is 5.32 Å². The zero-order valence-electron chi connectivity index (χ0n) is 16.1. The number of benzene rings is 1. The summed E-state index contributed by atoms with van der Waals surface area (Å²) in [5.74, 6) is 0. The van der Waals surface area contributed by atoms with Crippen molar-refractivity contribution in [1.29, 1.82) is 0 Å². The van der Waals surface area contributed by atoms with E-state index in [1.54, 1.807) is 6.08 Å². The molecule has 0 saturated heterocycles. The van der Waals surface area contributed by atoms with Crippen molar-refractivity contribution in [3.05, 3.63) is 54.1 Å². The Morgan fingerprint density at radius 2 is 1.81 bits per heavy atom. The van der Waals surface area contributed by atoms with E-state index >= 15 is 0 Å². The molecule has 0 spiro atoms. The molecule has 0 fully saturated rings. The maximum Gasteiger partial charge on any atom is 0.421 e. The molecule has 2 rings (SSSR count). The van der Waals surface area contributed by atoms with Crippen molar-refractivity contribution in [2.45, 2.75) is 32.0 Å². The highest BCUT2D eigenvalue weighted by atomic mass is 19.4. The summed E-state index contributed by atoms with van der Waals surface area (Å²) in [6, 6.07) is 9.40. The number of likely N-dealkylation sites (N-methyl/N-ethyl adjacent to an activating group) is 1. The largest absolute Gasteiger partial charge is 0.421 e. The molecular weight excluding hydrogens is 353 g/mol. The minimum Gasteiger partial charge on any atom is -0.360 e. The standard InChI is InChI=1S/C21H29F3N2O/c1-3-26(4-2)16-14-25-15-17-27-20(21(22,23)24)12-10-19(11-13-20)18-8-6-5-7-9-18/h5-12,25H,3-4,13-17H2,1-2H3. The molecule has 6 heteroatoms. The molecule has 0 aliphatic heterocycles. The van der Waals surface area contributed by atoms with Crippen LogP contribution in [-0.2, 0) is 4.74 Å². The summed E-state index contributed by atoms with van der Waals surface area (Å²) in [7, 11) is 0. The average Bonchev–Trinajstić information content (AvgIpc) is 2.68. The van der Waals surface area contributed by atoms with Crippen LogP contribution >= 0.6 is 0 Å². The SMILES string of the molecule is CCN(CC)CCNCCOC1(C(F)(F)F)C=CC(c2ccccc2)=CC1. The van der Waals surface area contributed by atoms with E-state index in [9.17, 15) is 13.2 Å². The fourth-order valence-electron chi connectivity index (χ4n) is 3.07. The van der Waals surface area contributed by atoms with Gasteiger partial charge in [-0.15, -0.1) is 0 Å². The monoisotopic (exact) mass is 382 g/mol. The first-order valence-corrected chi connectivity index (χ1v) is 9.50. The number of halogens is 3. The van der Waals surface area contributed by atoms with E-state index in [0.717, 1.165) is 43.4 Å². The number of ether oxygens (including phenoxy) is 1. The second-order valence-corrected chi connectivity index (χ2v) is 6.58. The zero-order chi connectivity index (χ0) is 19.8. The number of nitrogens with one attached hydrogen (secondary N) is 1. The van der Waals surface area contributed by atoms with Gasteiger partial charge in [0.2, 0.25) is 0 Å². The van der Waals surface area contributed by atoms with Gasteiger partial charge in [0, 0.05) is 26.1 Å². The molecular formula is C21H29F3N2O. The lowest BCUT2D eigenvalue weighted by molar-refractivity contribution is -0.256. The Morgan fingerprint density at radius 1 is 1.11 bits per heavy atom. The molecule has 1 aromatic carbocycles. The van der Waals surface area contributed by atoms with Gasteiger partial charge in [-0.05, 0) is 30.3 Å². The quantitative estimate of drug-likeness (QED) is 0.612. The van der Waals surface area contributed by atoms with E-state index in [2.05, 4.69) is 24.1 Å². The fourth-order valence-corrected chi connectivity index (χ4v) is 3.07. The molecule has 27 heavy (non-hydrogen) atoms. The molecule has 0 amide bonds. The van der Waals surface area contributed by atoms with Crippen LogP contribution in [0.2, 0.25) is 0 Å². The molecule has 1 aliphatic carbocycles. The van der Waals surface area contributed by atoms with Gasteiger partial charge in [0.1, 0.15) is 0 Å². The second-order valence-electron chi connectivity index (χ2n) is 6.58. The van der Waals surface area contributed by atoms with Crippen LogP contribution in [0.5, 0.6) is 0 Å². The summed E-state index contributed by atoms with van der Waals surface area (Å²) in [6.45, 7) is 8.12. The van der Waals surface area contributed by atoms with Gasteiger partial charge in [-0.1, -0.05) is 56.3 Å². The van der Waals surface area contributed by atoms with Crippen LogP contribution in [0.4, 0.5) is 13.2 Å². The fraction of sp³-hybridized carbons (Fsp3) is 0.524. The Bertz CT molecular complexity index is 624. The first-order chi connectivity index (χ1) is 12.9. The molecule has 3 nitrogen and oxygen atoms in total. The number of alkyl halides is 3. The molecule has 1 aromatic rings. The van der Waals surface area contributed by atoms with Crippen molar-refractivity contribution in [3.8, 4) is 0 Å². The predicted octanol–water partition coefficient (Wildman–Crippen LogP) is 4.28. The highest BCUT2D eigenvalue weighted by Crippen LogP contribution is 2.41. The van der Waals surface area contributed by atoms with Crippen molar-refractivity contribution in [1.82, 2.24) is 10.2 Å². The maximum absolute atomic E-state index is 13.7. The Balaban J connectivity index is 1.88. The number of hydrogen-bond acceptors (Lipinski definition) is 3. The number of rotatable bonds is 10. The van der Waals surface area contributed by atoms with Crippen LogP contribution in [-0.4, -0.2) is 56.0 Å². The third kappa shape index (κ3) is 5.92. The summed E-state index contributed by atoms with van der Waals surface area (Å²) in [6.07, 6.45) is -0.387. The van der Waals surface area contributed by atoms with Crippen LogP contribution in [0.25, 0.3) is 5.57 Å². The molecule has 1 N–H and O–H groups in total. The minimum absolute atomic E-state index is 0.0105. The number of hydrogen-bond donors (Lipinski definition) is 1. The summed E-state index contributed by atoms with van der Waals surface area (Å²) in [4.78, 5) is 2.25. The van der Waals surface area contributed by atoms with Gasteiger partial charge in [0.05, 0.1) is 6.61 Å². The summed E-state index contributed by atoms with van der Waals surface area (Å²) in [5, 5.41) is 3.15. The highest BCUT2D eigenvalue weighted by Gasteiger charge is 2.54. The van der Waals surface area contributed by atoms with E-state index in [4.69, 9.17) is 4.74 Å². The summed E-state index contributed by atoms with van der Waals surface area (Å²) in [5.41, 5.74) is -0.551. The van der Waals surface area contributed by atoms with Crippen molar-refractivity contribution in [2.75, 3.05) is 39.3 Å². The molecule has 1 unspecified atom stereocenters. The Morgan fingerprint density at radius 3 is 2.37 bits per heavy atom. The summed E-state index contributed by atoms with van der Waals surface area (Å²) >= 11 is 0. The second kappa shape index (κ2) is 10.1. The van der Waals surface area contributed by atoms with Gasteiger partial charge in [-0.2, -0.15) is 13.2 Å². The molecule has 0 bridgehead atoms. The van der Waals surface area contributed by atoms with Gasteiger partial charge < -0.3 is 15.0 Å². The molecule has 0 heterocycles. The van der Waals surface area contributed by atoms with Crippen LogP contribution in [0, 0.1) is 0 Å². The molecule has 1 atom stereocenters. The van der Waals surface area contributed by atoms with Crippen LogP contribution in [0.1, 0.15) is 25.8 Å². The van der Waals surface area contributed by atoms with Gasteiger partial charge in [0.25, 0.3) is 0 Å². The molecule has 0 saturated carbocycles. The topological polar surface area (TPSA) is 24.5 Å². The Hall–Kier alpha value is -1.63. The zero-order valence-corrected chi connectivity index (χ0v) is 16.1. The van der Waals surface area contributed by atoms with Crippen molar-refractivity contribution < 1.29 is 17.9 Å². The van der Waals surface area contributed by atoms with Gasteiger partial charge in [-0.25, -0.2) is 0 Å². The van der Waals surface area contributed by atoms with Gasteiger partial charge in [0.15, 0.2) is 5.60 Å².